The number of carbonyl (C=O) groups excluding carboxylic acids is 1. The van der Waals surface area contributed by atoms with Gasteiger partial charge in [0, 0.05) is 17.0 Å². The van der Waals surface area contributed by atoms with Crippen molar-refractivity contribution in [3.8, 4) is 11.1 Å². The Morgan fingerprint density at radius 1 is 0.927 bits per heavy atom. The molecule has 9 heteroatoms. The summed E-state index contributed by atoms with van der Waals surface area (Å²) in [6.45, 7) is 1.55. The van der Waals surface area contributed by atoms with E-state index in [9.17, 15) is 27.2 Å². The van der Waals surface area contributed by atoms with Crippen molar-refractivity contribution in [3.63, 3.8) is 0 Å². The van der Waals surface area contributed by atoms with Crippen LogP contribution in [0.2, 0.25) is 0 Å². The number of aromatic nitrogens is 2. The molecular formula is C32H28F4N2O2S. The highest BCUT2D eigenvalue weighted by molar-refractivity contribution is 7.98. The molecule has 1 aliphatic rings. The summed E-state index contributed by atoms with van der Waals surface area (Å²) in [6.07, 6.45) is -1.13. The second-order valence-electron chi connectivity index (χ2n) is 10.2. The number of benzene rings is 3. The van der Waals surface area contributed by atoms with Gasteiger partial charge in [-0.25, -0.2) is 4.39 Å². The molecule has 0 spiro atoms. The van der Waals surface area contributed by atoms with Gasteiger partial charge in [-0.3, -0.25) is 9.59 Å². The minimum absolute atomic E-state index is 0.0328. The van der Waals surface area contributed by atoms with Crippen molar-refractivity contribution in [1.82, 2.24) is 9.55 Å². The average molecular weight is 581 g/mol. The van der Waals surface area contributed by atoms with Crippen molar-refractivity contribution in [1.29, 1.82) is 0 Å². The Hall–Kier alpha value is -3.72. The molecule has 4 aromatic rings. The van der Waals surface area contributed by atoms with E-state index < -0.39 is 17.8 Å². The van der Waals surface area contributed by atoms with Gasteiger partial charge in [0.15, 0.2) is 10.9 Å². The third-order valence-corrected chi connectivity index (χ3v) is 8.43. The minimum atomic E-state index is -4.38. The maximum atomic E-state index is 13.4. The van der Waals surface area contributed by atoms with Gasteiger partial charge in [0.2, 0.25) is 0 Å². The van der Waals surface area contributed by atoms with Gasteiger partial charge in [-0.15, -0.1) is 0 Å². The molecule has 0 N–H and O–H groups in total. The van der Waals surface area contributed by atoms with Crippen LogP contribution in [-0.2, 0) is 36.0 Å². The topological polar surface area (TPSA) is 52.0 Å². The first-order valence-corrected chi connectivity index (χ1v) is 14.4. The molecule has 1 atom stereocenters. The maximum absolute atomic E-state index is 13.4. The minimum Gasteiger partial charge on any atom is -0.314 e. The molecule has 0 aliphatic heterocycles. The number of fused-ring (bicyclic) bond motifs is 1. The first-order valence-electron chi connectivity index (χ1n) is 13.4. The number of hydrogen-bond donors (Lipinski definition) is 0. The van der Waals surface area contributed by atoms with E-state index in [-0.39, 0.29) is 17.2 Å². The molecule has 0 amide bonds. The molecule has 4 nitrogen and oxygen atoms in total. The number of thioether (sulfide) groups is 1. The molecule has 0 fully saturated rings. The van der Waals surface area contributed by atoms with Crippen LogP contribution in [0.15, 0.2) is 82.7 Å². The SMILES string of the molecule is CC(=O)C(CCc1ccc(-c2ccc(C(F)(F)F)cc2)cc1)n1c(SCc2ccc(F)cc2)nc(=O)c2c1CCC2. The van der Waals surface area contributed by atoms with E-state index in [1.807, 2.05) is 28.8 Å². The standard InChI is InChI=1S/C32H28F4N2O2S/c1-20(39)28(18-9-21-5-10-23(11-6-21)24-12-14-25(15-13-24)32(34,35)36)38-29-4-2-3-27(29)30(40)37-31(38)41-19-22-7-16-26(33)17-8-22/h5-8,10-17,28H,2-4,9,18-19H2,1H3. The second kappa shape index (κ2) is 12.0. The number of nitrogens with zero attached hydrogens (tertiary/aromatic N) is 2. The van der Waals surface area contributed by atoms with E-state index in [0.29, 0.717) is 47.7 Å². The zero-order valence-electron chi connectivity index (χ0n) is 22.4. The fraction of sp³-hybridized carbons (Fsp3) is 0.281. The molecule has 1 unspecified atom stereocenters. The highest BCUT2D eigenvalue weighted by atomic mass is 32.2. The Bertz CT molecular complexity index is 1600. The number of aryl methyl sites for hydroxylation is 1. The first-order chi connectivity index (χ1) is 19.6. The van der Waals surface area contributed by atoms with Gasteiger partial charge < -0.3 is 4.57 Å². The summed E-state index contributed by atoms with van der Waals surface area (Å²) in [7, 11) is 0. The summed E-state index contributed by atoms with van der Waals surface area (Å²) in [5.41, 5.74) is 3.94. The predicted octanol–water partition coefficient (Wildman–Crippen LogP) is 7.61. The average Bonchev–Trinajstić information content (AvgIpc) is 3.44. The molecule has 5 rings (SSSR count). The van der Waals surface area contributed by atoms with Gasteiger partial charge in [0.25, 0.3) is 5.56 Å². The lowest BCUT2D eigenvalue weighted by Crippen LogP contribution is -2.28. The molecule has 41 heavy (non-hydrogen) atoms. The summed E-state index contributed by atoms with van der Waals surface area (Å²) in [4.78, 5) is 30.2. The Morgan fingerprint density at radius 2 is 1.54 bits per heavy atom. The van der Waals surface area contributed by atoms with Crippen LogP contribution >= 0.6 is 11.8 Å². The molecule has 0 saturated heterocycles. The van der Waals surface area contributed by atoms with Crippen molar-refractivity contribution >= 4 is 17.5 Å². The lowest BCUT2D eigenvalue weighted by Gasteiger charge is -2.24. The number of rotatable bonds is 9. The van der Waals surface area contributed by atoms with Crippen LogP contribution in [0.25, 0.3) is 11.1 Å². The van der Waals surface area contributed by atoms with Gasteiger partial charge in [0.05, 0.1) is 11.6 Å². The van der Waals surface area contributed by atoms with Crippen LogP contribution in [0.4, 0.5) is 17.6 Å². The van der Waals surface area contributed by atoms with Crippen LogP contribution < -0.4 is 5.56 Å². The van der Waals surface area contributed by atoms with E-state index >= 15 is 0 Å². The van der Waals surface area contributed by atoms with Crippen molar-refractivity contribution in [2.24, 2.45) is 0 Å². The summed E-state index contributed by atoms with van der Waals surface area (Å²) >= 11 is 1.36. The van der Waals surface area contributed by atoms with Crippen molar-refractivity contribution < 1.29 is 22.4 Å². The third-order valence-electron chi connectivity index (χ3n) is 7.41. The normalized spacial score (nSPS) is 13.7. The number of Topliss-reactive ketones (excluding diaryl/α,β-unsaturated/α-hetero) is 1. The van der Waals surface area contributed by atoms with Crippen LogP contribution in [0.3, 0.4) is 0 Å². The van der Waals surface area contributed by atoms with E-state index in [0.717, 1.165) is 40.9 Å². The van der Waals surface area contributed by atoms with Gasteiger partial charge >= 0.3 is 6.18 Å². The summed E-state index contributed by atoms with van der Waals surface area (Å²) in [5.74, 6) is 0.117. The number of halogens is 4. The lowest BCUT2D eigenvalue weighted by atomic mass is 9.98. The fourth-order valence-corrected chi connectivity index (χ4v) is 6.24. The second-order valence-corrected chi connectivity index (χ2v) is 11.1. The van der Waals surface area contributed by atoms with Crippen molar-refractivity contribution in [3.05, 3.63) is 117 Å². The van der Waals surface area contributed by atoms with Crippen LogP contribution in [-0.4, -0.2) is 15.3 Å². The Balaban J connectivity index is 1.36. The smallest absolute Gasteiger partial charge is 0.314 e. The monoisotopic (exact) mass is 580 g/mol. The van der Waals surface area contributed by atoms with E-state index in [2.05, 4.69) is 4.98 Å². The number of hydrogen-bond acceptors (Lipinski definition) is 4. The van der Waals surface area contributed by atoms with E-state index in [4.69, 9.17) is 0 Å². The highest BCUT2D eigenvalue weighted by Gasteiger charge is 2.30. The number of alkyl halides is 3. The van der Waals surface area contributed by atoms with Gasteiger partial charge in [-0.05, 0) is 85.5 Å². The molecule has 1 heterocycles. The Kier molecular flexibility index (Phi) is 8.45. The number of carbonyl (C=O) groups is 1. The summed E-state index contributed by atoms with van der Waals surface area (Å²) in [6, 6.07) is 18.3. The van der Waals surface area contributed by atoms with Gasteiger partial charge in [0.1, 0.15) is 5.82 Å². The molecule has 3 aromatic carbocycles. The van der Waals surface area contributed by atoms with Crippen LogP contribution in [0, 0.1) is 5.82 Å². The maximum Gasteiger partial charge on any atom is 0.416 e. The Labute approximate surface area is 239 Å². The van der Waals surface area contributed by atoms with Gasteiger partial charge in [-0.1, -0.05) is 60.3 Å². The van der Waals surface area contributed by atoms with Gasteiger partial charge in [-0.2, -0.15) is 18.2 Å². The van der Waals surface area contributed by atoms with Crippen LogP contribution in [0.5, 0.6) is 0 Å². The largest absolute Gasteiger partial charge is 0.416 e. The number of ketones is 1. The first kappa shape index (κ1) is 28.8. The molecular weight excluding hydrogens is 552 g/mol. The molecule has 0 radical (unpaired) electrons. The summed E-state index contributed by atoms with van der Waals surface area (Å²) < 4.78 is 54.0. The quantitative estimate of drug-likeness (QED) is 0.116. The third kappa shape index (κ3) is 6.62. The molecule has 0 saturated carbocycles. The Morgan fingerprint density at radius 3 is 2.15 bits per heavy atom. The van der Waals surface area contributed by atoms with Crippen LogP contribution in [0.1, 0.15) is 53.8 Å². The summed E-state index contributed by atoms with van der Waals surface area (Å²) in [5, 5.41) is 0.484. The van der Waals surface area contributed by atoms with E-state index in [1.54, 1.807) is 19.1 Å². The van der Waals surface area contributed by atoms with Crippen molar-refractivity contribution in [2.45, 2.75) is 62.2 Å². The predicted molar refractivity (Wildman–Crippen MR) is 151 cm³/mol. The van der Waals surface area contributed by atoms with Crippen molar-refractivity contribution in [2.75, 3.05) is 0 Å². The van der Waals surface area contributed by atoms with E-state index in [1.165, 1.54) is 36.0 Å². The fourth-order valence-electron chi connectivity index (χ4n) is 5.23. The molecule has 0 bridgehead atoms. The lowest BCUT2D eigenvalue weighted by molar-refractivity contribution is -0.137. The molecule has 1 aliphatic carbocycles. The highest BCUT2D eigenvalue weighted by Crippen LogP contribution is 2.33. The molecule has 1 aromatic heterocycles. The molecule has 212 valence electrons. The zero-order valence-corrected chi connectivity index (χ0v) is 23.2. The zero-order chi connectivity index (χ0) is 29.1.